The van der Waals surface area contributed by atoms with Gasteiger partial charge >= 0.3 is 0 Å². The molecule has 102 valence electrons. The van der Waals surface area contributed by atoms with Crippen LogP contribution in [0.4, 0.5) is 0 Å². The fraction of sp³-hybridized carbons (Fsp3) is 0.750. The van der Waals surface area contributed by atoms with Gasteiger partial charge in [-0.1, -0.05) is 19.9 Å². The minimum atomic E-state index is 0.750. The zero-order valence-electron chi connectivity index (χ0n) is 12.0. The molecule has 0 radical (unpaired) electrons. The van der Waals surface area contributed by atoms with Gasteiger partial charge in [-0.05, 0) is 68.4 Å². The third kappa shape index (κ3) is 3.58. The zero-order chi connectivity index (χ0) is 13.0. The minimum Gasteiger partial charge on any atom is -0.317 e. The summed E-state index contributed by atoms with van der Waals surface area (Å²) in [6.45, 7) is 4.78. The first-order valence-electron chi connectivity index (χ1n) is 7.40. The molecule has 3 atom stereocenters. The van der Waals surface area contributed by atoms with E-state index in [9.17, 15) is 0 Å². The molecular weight excluding hydrogens is 238 g/mol. The van der Waals surface area contributed by atoms with Gasteiger partial charge in [0.25, 0.3) is 0 Å². The molecule has 1 fully saturated rings. The summed E-state index contributed by atoms with van der Waals surface area (Å²) in [7, 11) is 2.14. The monoisotopic (exact) mass is 265 g/mol. The molecular formula is C16H27NS. The van der Waals surface area contributed by atoms with Gasteiger partial charge in [0.05, 0.1) is 0 Å². The second-order valence-electron chi connectivity index (χ2n) is 6.09. The van der Waals surface area contributed by atoms with Gasteiger partial charge in [0.1, 0.15) is 0 Å². The summed E-state index contributed by atoms with van der Waals surface area (Å²) in [6.07, 6.45) is 6.84. The van der Waals surface area contributed by atoms with E-state index in [4.69, 9.17) is 0 Å². The normalized spacial score (nSPS) is 28.8. The SMILES string of the molecule is CNC1CCC(C(C)C)CC1CCc1cccs1. The van der Waals surface area contributed by atoms with Crippen molar-refractivity contribution in [3.05, 3.63) is 22.4 Å². The number of nitrogens with one attached hydrogen (secondary N) is 1. The number of thiophene rings is 1. The van der Waals surface area contributed by atoms with E-state index in [1.807, 2.05) is 11.3 Å². The van der Waals surface area contributed by atoms with E-state index in [-0.39, 0.29) is 0 Å². The molecule has 0 aromatic carbocycles. The molecule has 1 aliphatic carbocycles. The molecule has 18 heavy (non-hydrogen) atoms. The molecule has 0 amide bonds. The second kappa shape index (κ2) is 6.72. The molecule has 1 saturated carbocycles. The van der Waals surface area contributed by atoms with Crippen LogP contribution in [0, 0.1) is 17.8 Å². The largest absolute Gasteiger partial charge is 0.317 e. The summed E-state index contributed by atoms with van der Waals surface area (Å²) >= 11 is 1.91. The first-order chi connectivity index (χ1) is 8.70. The lowest BCUT2D eigenvalue weighted by atomic mass is 9.72. The van der Waals surface area contributed by atoms with E-state index >= 15 is 0 Å². The molecule has 2 heteroatoms. The summed E-state index contributed by atoms with van der Waals surface area (Å²) in [5.74, 6) is 2.67. The molecule has 0 saturated heterocycles. The lowest BCUT2D eigenvalue weighted by Crippen LogP contribution is -2.39. The molecule has 1 heterocycles. The first kappa shape index (κ1) is 14.1. The van der Waals surface area contributed by atoms with Crippen molar-refractivity contribution in [1.29, 1.82) is 0 Å². The van der Waals surface area contributed by atoms with E-state index in [2.05, 4.69) is 43.7 Å². The Morgan fingerprint density at radius 1 is 1.39 bits per heavy atom. The van der Waals surface area contributed by atoms with Crippen LogP contribution in [0.5, 0.6) is 0 Å². The van der Waals surface area contributed by atoms with Crippen molar-refractivity contribution in [2.24, 2.45) is 17.8 Å². The van der Waals surface area contributed by atoms with E-state index in [1.54, 1.807) is 4.88 Å². The number of hydrogen-bond donors (Lipinski definition) is 1. The molecule has 0 aliphatic heterocycles. The fourth-order valence-electron chi connectivity index (χ4n) is 3.39. The van der Waals surface area contributed by atoms with Crippen molar-refractivity contribution in [2.75, 3.05) is 7.05 Å². The van der Waals surface area contributed by atoms with Crippen molar-refractivity contribution in [3.8, 4) is 0 Å². The number of hydrogen-bond acceptors (Lipinski definition) is 2. The molecule has 0 spiro atoms. The number of aryl methyl sites for hydroxylation is 1. The van der Waals surface area contributed by atoms with E-state index < -0.39 is 0 Å². The highest BCUT2D eigenvalue weighted by Gasteiger charge is 2.30. The molecule has 1 aliphatic rings. The predicted octanol–water partition coefficient (Wildman–Crippen LogP) is 4.34. The summed E-state index contributed by atoms with van der Waals surface area (Å²) in [4.78, 5) is 1.55. The van der Waals surface area contributed by atoms with Crippen molar-refractivity contribution >= 4 is 11.3 Å². The fourth-order valence-corrected chi connectivity index (χ4v) is 4.11. The van der Waals surface area contributed by atoms with Crippen LogP contribution in [0.3, 0.4) is 0 Å². The predicted molar refractivity (Wildman–Crippen MR) is 81.2 cm³/mol. The quantitative estimate of drug-likeness (QED) is 0.835. The Balaban J connectivity index is 1.89. The number of rotatable bonds is 5. The van der Waals surface area contributed by atoms with Gasteiger partial charge in [0.15, 0.2) is 0 Å². The maximum atomic E-state index is 3.55. The van der Waals surface area contributed by atoms with Crippen molar-refractivity contribution in [1.82, 2.24) is 5.32 Å². The standard InChI is InChI=1S/C16H27NS/c1-12(2)13-7-9-16(17-3)14(11-13)6-8-15-5-4-10-18-15/h4-5,10,12-14,16-17H,6-9,11H2,1-3H3. The molecule has 0 bridgehead atoms. The highest BCUT2D eigenvalue weighted by atomic mass is 32.1. The molecule has 3 unspecified atom stereocenters. The van der Waals surface area contributed by atoms with Gasteiger partial charge in [0, 0.05) is 10.9 Å². The average molecular weight is 265 g/mol. The molecule has 2 rings (SSSR count). The Hall–Kier alpha value is -0.340. The van der Waals surface area contributed by atoms with Gasteiger partial charge in [-0.3, -0.25) is 0 Å². The average Bonchev–Trinajstić information content (AvgIpc) is 2.89. The van der Waals surface area contributed by atoms with Gasteiger partial charge in [0.2, 0.25) is 0 Å². The third-order valence-corrected chi connectivity index (χ3v) is 5.61. The van der Waals surface area contributed by atoms with Gasteiger partial charge in [-0.15, -0.1) is 11.3 Å². The van der Waals surface area contributed by atoms with Crippen molar-refractivity contribution in [2.45, 2.75) is 52.0 Å². The van der Waals surface area contributed by atoms with Crippen molar-refractivity contribution < 1.29 is 0 Å². The van der Waals surface area contributed by atoms with Crippen LogP contribution in [0.15, 0.2) is 17.5 Å². The summed E-state index contributed by atoms with van der Waals surface area (Å²) in [5, 5.41) is 5.74. The smallest absolute Gasteiger partial charge is 0.00926 e. The van der Waals surface area contributed by atoms with E-state index in [0.29, 0.717) is 0 Å². The van der Waals surface area contributed by atoms with Crippen LogP contribution in [0.1, 0.15) is 44.4 Å². The zero-order valence-corrected chi connectivity index (χ0v) is 12.8. The lowest BCUT2D eigenvalue weighted by Gasteiger charge is -2.38. The Bertz CT molecular complexity index is 331. The topological polar surface area (TPSA) is 12.0 Å². The minimum absolute atomic E-state index is 0.750. The highest BCUT2D eigenvalue weighted by Crippen LogP contribution is 2.36. The van der Waals surface area contributed by atoms with Crippen molar-refractivity contribution in [3.63, 3.8) is 0 Å². The first-order valence-corrected chi connectivity index (χ1v) is 8.28. The maximum Gasteiger partial charge on any atom is 0.00926 e. The van der Waals surface area contributed by atoms with Gasteiger partial charge in [-0.2, -0.15) is 0 Å². The lowest BCUT2D eigenvalue weighted by molar-refractivity contribution is 0.166. The van der Waals surface area contributed by atoms with Crippen LogP contribution in [0.25, 0.3) is 0 Å². The van der Waals surface area contributed by atoms with E-state index in [0.717, 1.165) is 23.8 Å². The Kier molecular flexibility index (Phi) is 5.25. The summed E-state index contributed by atoms with van der Waals surface area (Å²) < 4.78 is 0. The Morgan fingerprint density at radius 2 is 2.22 bits per heavy atom. The molecule has 1 nitrogen and oxygen atoms in total. The van der Waals surface area contributed by atoms with Crippen LogP contribution in [-0.4, -0.2) is 13.1 Å². The van der Waals surface area contributed by atoms with Crippen LogP contribution >= 0.6 is 11.3 Å². The highest BCUT2D eigenvalue weighted by molar-refractivity contribution is 7.09. The Morgan fingerprint density at radius 3 is 2.83 bits per heavy atom. The molecule has 1 aromatic rings. The maximum absolute atomic E-state index is 3.55. The second-order valence-corrected chi connectivity index (χ2v) is 7.12. The van der Waals surface area contributed by atoms with Crippen LogP contribution in [-0.2, 0) is 6.42 Å². The van der Waals surface area contributed by atoms with Crippen LogP contribution < -0.4 is 5.32 Å². The van der Waals surface area contributed by atoms with E-state index in [1.165, 1.54) is 32.1 Å². The third-order valence-electron chi connectivity index (χ3n) is 4.68. The summed E-state index contributed by atoms with van der Waals surface area (Å²) in [5.41, 5.74) is 0. The molecule has 1 aromatic heterocycles. The van der Waals surface area contributed by atoms with Gasteiger partial charge < -0.3 is 5.32 Å². The van der Waals surface area contributed by atoms with Crippen LogP contribution in [0.2, 0.25) is 0 Å². The van der Waals surface area contributed by atoms with Gasteiger partial charge in [-0.25, -0.2) is 0 Å². The summed E-state index contributed by atoms with van der Waals surface area (Å²) in [6, 6.07) is 5.20. The molecule has 1 N–H and O–H groups in total. The Labute approximate surface area is 116 Å².